The van der Waals surface area contributed by atoms with Crippen molar-refractivity contribution in [2.24, 2.45) is 5.92 Å². The zero-order chi connectivity index (χ0) is 14.7. The minimum atomic E-state index is 0.121. The van der Waals surface area contributed by atoms with Crippen LogP contribution in [0.1, 0.15) is 49.8 Å². The summed E-state index contributed by atoms with van der Waals surface area (Å²) < 4.78 is 0. The molecule has 0 fully saturated rings. The van der Waals surface area contributed by atoms with Gasteiger partial charge in [-0.05, 0) is 60.4 Å². The second-order valence-electron chi connectivity index (χ2n) is 6.07. The highest BCUT2D eigenvalue weighted by molar-refractivity contribution is 5.74. The van der Waals surface area contributed by atoms with Gasteiger partial charge in [-0.3, -0.25) is 0 Å². The van der Waals surface area contributed by atoms with Gasteiger partial charge in [0.1, 0.15) is 0 Å². The minimum Gasteiger partial charge on any atom is -0.198 e. The summed E-state index contributed by atoms with van der Waals surface area (Å²) in [6, 6.07) is 13.6. The Kier molecular flexibility index (Phi) is 4.45. The lowest BCUT2D eigenvalue weighted by Crippen LogP contribution is -1.94. The van der Waals surface area contributed by atoms with E-state index in [0.29, 0.717) is 5.92 Å². The Hall–Kier alpha value is -1.81. The van der Waals surface area contributed by atoms with Crippen LogP contribution in [0.2, 0.25) is 0 Å². The molecule has 104 valence electrons. The van der Waals surface area contributed by atoms with Crippen molar-refractivity contribution in [3.05, 3.63) is 47.0 Å². The summed E-state index contributed by atoms with van der Waals surface area (Å²) in [5.74, 6) is 0.655. The van der Waals surface area contributed by atoms with Gasteiger partial charge in [0.2, 0.25) is 0 Å². The van der Waals surface area contributed by atoms with Crippen LogP contribution < -0.4 is 0 Å². The fourth-order valence-corrected chi connectivity index (χ4v) is 2.59. The number of aryl methyl sites for hydroxylation is 2. The number of hydrogen-bond donors (Lipinski definition) is 0. The Morgan fingerprint density at radius 3 is 2.45 bits per heavy atom. The third kappa shape index (κ3) is 3.02. The van der Waals surface area contributed by atoms with Gasteiger partial charge >= 0.3 is 0 Å². The van der Waals surface area contributed by atoms with Crippen molar-refractivity contribution < 1.29 is 0 Å². The van der Waals surface area contributed by atoms with E-state index in [0.717, 1.165) is 12.8 Å². The lowest BCUT2D eigenvalue weighted by molar-refractivity contribution is 0.661. The first-order valence-electron chi connectivity index (χ1n) is 7.44. The van der Waals surface area contributed by atoms with Gasteiger partial charge in [0.25, 0.3) is 0 Å². The fraction of sp³-hybridized carbons (Fsp3) is 0.421. The molecule has 0 saturated carbocycles. The quantitative estimate of drug-likeness (QED) is 0.734. The van der Waals surface area contributed by atoms with Crippen molar-refractivity contribution in [2.45, 2.75) is 46.5 Å². The van der Waals surface area contributed by atoms with Gasteiger partial charge < -0.3 is 0 Å². The third-order valence-electron chi connectivity index (χ3n) is 4.08. The maximum atomic E-state index is 8.95. The van der Waals surface area contributed by atoms with Crippen molar-refractivity contribution >= 4 is 0 Å². The number of fused-ring (bicyclic) bond motifs is 1. The summed E-state index contributed by atoms with van der Waals surface area (Å²) in [4.78, 5) is 0. The topological polar surface area (TPSA) is 23.8 Å². The van der Waals surface area contributed by atoms with Crippen molar-refractivity contribution in [1.29, 1.82) is 5.26 Å². The molecule has 0 aromatic rings. The second-order valence-corrected chi connectivity index (χ2v) is 6.07. The summed E-state index contributed by atoms with van der Waals surface area (Å²) in [5.41, 5.74) is 6.79. The largest absolute Gasteiger partial charge is 0.198 e. The predicted octanol–water partition coefficient (Wildman–Crippen LogP) is 5.32. The molecular weight excluding hydrogens is 242 g/mol. The van der Waals surface area contributed by atoms with Gasteiger partial charge in [0.15, 0.2) is 0 Å². The number of rotatable bonds is 4. The highest BCUT2D eigenvalue weighted by atomic mass is 14.3. The number of hydrogen-bond acceptors (Lipinski definition) is 1. The number of nitriles is 1. The molecule has 1 nitrogen and oxygen atoms in total. The molecule has 20 heavy (non-hydrogen) atoms. The summed E-state index contributed by atoms with van der Waals surface area (Å²) in [7, 11) is 0. The molecule has 2 aliphatic rings. The molecule has 0 radical (unpaired) electrons. The minimum absolute atomic E-state index is 0.121. The average Bonchev–Trinajstić information content (AvgIpc) is 2.68. The summed E-state index contributed by atoms with van der Waals surface area (Å²) in [6.45, 7) is 8.64. The van der Waals surface area contributed by atoms with Gasteiger partial charge in [-0.15, -0.1) is 0 Å². The molecule has 0 aliphatic heterocycles. The molecule has 0 aromatic carbocycles. The molecule has 1 unspecified atom stereocenters. The monoisotopic (exact) mass is 265 g/mol. The van der Waals surface area contributed by atoms with Gasteiger partial charge in [-0.2, -0.15) is 5.26 Å². The molecule has 0 saturated heterocycles. The van der Waals surface area contributed by atoms with E-state index in [1.165, 1.54) is 27.8 Å². The number of nitrogens with zero attached hydrogens (tertiary/aromatic N) is 1. The van der Waals surface area contributed by atoms with E-state index < -0.39 is 0 Å². The van der Waals surface area contributed by atoms with Crippen LogP contribution in [0.4, 0.5) is 0 Å². The molecule has 0 amide bonds. The van der Waals surface area contributed by atoms with Crippen LogP contribution in [0.5, 0.6) is 0 Å². The molecule has 1 atom stereocenters. The van der Waals surface area contributed by atoms with Crippen molar-refractivity contribution in [2.75, 3.05) is 0 Å². The van der Waals surface area contributed by atoms with Gasteiger partial charge in [0.05, 0.1) is 6.07 Å². The zero-order valence-electron chi connectivity index (χ0n) is 12.9. The molecule has 0 spiro atoms. The van der Waals surface area contributed by atoms with E-state index in [4.69, 9.17) is 5.26 Å². The molecule has 2 aliphatic carbocycles. The SMILES string of the molecule is Cc1ccc2c(CCC(C)C#N)ccc(C(C)C)cc1-2. The highest BCUT2D eigenvalue weighted by Crippen LogP contribution is 2.33. The van der Waals surface area contributed by atoms with Crippen LogP contribution in [0.25, 0.3) is 11.1 Å². The molecule has 0 aromatic heterocycles. The predicted molar refractivity (Wildman–Crippen MR) is 85.0 cm³/mol. The molecule has 0 heterocycles. The van der Waals surface area contributed by atoms with Gasteiger partial charge in [-0.1, -0.05) is 44.2 Å². The summed E-state index contributed by atoms with van der Waals surface area (Å²) in [6.07, 6.45) is 1.90. The van der Waals surface area contributed by atoms with E-state index in [1.807, 2.05) is 6.92 Å². The van der Waals surface area contributed by atoms with E-state index >= 15 is 0 Å². The Morgan fingerprint density at radius 2 is 1.80 bits per heavy atom. The highest BCUT2D eigenvalue weighted by Gasteiger charge is 2.13. The van der Waals surface area contributed by atoms with Crippen LogP contribution in [0.15, 0.2) is 30.3 Å². The van der Waals surface area contributed by atoms with Crippen molar-refractivity contribution in [3.8, 4) is 17.2 Å². The average molecular weight is 265 g/mol. The lowest BCUT2D eigenvalue weighted by atomic mass is 9.97. The van der Waals surface area contributed by atoms with Gasteiger partial charge in [-0.25, -0.2) is 0 Å². The Balaban J connectivity index is 2.42. The second kappa shape index (κ2) is 6.09. The Bertz CT molecular complexity index is 604. The van der Waals surface area contributed by atoms with Crippen LogP contribution in [-0.2, 0) is 6.42 Å². The van der Waals surface area contributed by atoms with Crippen LogP contribution in [0.3, 0.4) is 0 Å². The molecule has 1 heteroatoms. The van der Waals surface area contributed by atoms with Gasteiger partial charge in [0, 0.05) is 5.92 Å². The molecule has 0 N–H and O–H groups in total. The Labute approximate surface area is 122 Å². The molecule has 0 bridgehead atoms. The normalized spacial score (nSPS) is 12.6. The lowest BCUT2D eigenvalue weighted by Gasteiger charge is -2.06. The van der Waals surface area contributed by atoms with Crippen LogP contribution >= 0.6 is 0 Å². The standard InChI is InChI=1S/C19H23N/c1-13(2)17-9-8-16(7-5-14(3)12-20)18-10-6-15(4)19(18)11-17/h6,8-11,13-14H,5,7H2,1-4H3. The maximum absolute atomic E-state index is 8.95. The zero-order valence-corrected chi connectivity index (χ0v) is 12.9. The van der Waals surface area contributed by atoms with Crippen molar-refractivity contribution in [1.82, 2.24) is 0 Å². The van der Waals surface area contributed by atoms with E-state index in [9.17, 15) is 0 Å². The fourth-order valence-electron chi connectivity index (χ4n) is 2.59. The molecule has 2 rings (SSSR count). The Morgan fingerprint density at radius 1 is 1.05 bits per heavy atom. The van der Waals surface area contributed by atoms with Crippen LogP contribution in [0, 0.1) is 24.2 Å². The first kappa shape index (κ1) is 14.6. The van der Waals surface area contributed by atoms with E-state index in [1.54, 1.807) is 0 Å². The maximum Gasteiger partial charge on any atom is 0.0652 e. The van der Waals surface area contributed by atoms with Crippen molar-refractivity contribution in [3.63, 3.8) is 0 Å². The first-order valence-corrected chi connectivity index (χ1v) is 7.44. The van der Waals surface area contributed by atoms with E-state index in [2.05, 4.69) is 57.2 Å². The molecular formula is C19H23N. The van der Waals surface area contributed by atoms with Crippen LogP contribution in [-0.4, -0.2) is 0 Å². The summed E-state index contributed by atoms with van der Waals surface area (Å²) >= 11 is 0. The summed E-state index contributed by atoms with van der Waals surface area (Å²) in [5, 5.41) is 8.95. The first-order chi connectivity index (χ1) is 9.52. The smallest absolute Gasteiger partial charge is 0.0652 e. The van der Waals surface area contributed by atoms with E-state index in [-0.39, 0.29) is 5.92 Å². The third-order valence-corrected chi connectivity index (χ3v) is 4.08.